The van der Waals surface area contributed by atoms with Gasteiger partial charge in [0, 0.05) is 70.6 Å². The number of fused-ring (bicyclic) bond motifs is 15. The fraction of sp³-hybridized carbons (Fsp3) is 0.0159. The van der Waals surface area contributed by atoms with Gasteiger partial charge in [-0.1, -0.05) is 170 Å². The van der Waals surface area contributed by atoms with Gasteiger partial charge in [0.15, 0.2) is 0 Å². The third-order valence-corrected chi connectivity index (χ3v) is 15.7. The lowest BCUT2D eigenvalue weighted by Gasteiger charge is -2.45. The number of hydrogen-bond acceptors (Lipinski definition) is 3. The van der Waals surface area contributed by atoms with Gasteiger partial charge in [0.25, 0.3) is 0 Å². The molecule has 0 radical (unpaired) electrons. The molecular weight excluding hydrogens is 833 g/mol. The van der Waals surface area contributed by atoms with Crippen molar-refractivity contribution in [2.45, 2.75) is 5.41 Å². The first kappa shape index (κ1) is 36.9. The molecule has 2 aromatic heterocycles. The molecule has 1 unspecified atom stereocenters. The molecule has 0 amide bonds. The summed E-state index contributed by atoms with van der Waals surface area (Å²) in [4.78, 5) is 2.43. The van der Waals surface area contributed by atoms with Gasteiger partial charge in [-0.05, 0) is 93.0 Å². The summed E-state index contributed by atoms with van der Waals surface area (Å²) in [5.41, 5.74) is 13.4. The molecular formula is C63H38N2OS. The lowest BCUT2D eigenvalue weighted by Crippen LogP contribution is -2.36. The van der Waals surface area contributed by atoms with Crippen molar-refractivity contribution in [2.75, 3.05) is 4.90 Å². The second-order valence-corrected chi connectivity index (χ2v) is 19.0. The molecule has 67 heavy (non-hydrogen) atoms. The van der Waals surface area contributed by atoms with Crippen molar-refractivity contribution in [3.05, 3.63) is 253 Å². The Kier molecular flexibility index (Phi) is 7.58. The van der Waals surface area contributed by atoms with E-state index in [1.807, 2.05) is 11.3 Å². The molecule has 0 saturated carbocycles. The number of hydrogen-bond donors (Lipinski definition) is 0. The van der Waals surface area contributed by atoms with E-state index in [9.17, 15) is 0 Å². The fourth-order valence-electron chi connectivity index (χ4n) is 11.9. The second-order valence-electron chi connectivity index (χ2n) is 17.9. The van der Waals surface area contributed by atoms with Gasteiger partial charge in [0.05, 0.1) is 22.1 Å². The quantitative estimate of drug-likeness (QED) is 0.175. The van der Waals surface area contributed by atoms with Gasteiger partial charge >= 0.3 is 0 Å². The van der Waals surface area contributed by atoms with Crippen molar-refractivity contribution >= 4 is 91.9 Å². The van der Waals surface area contributed by atoms with Gasteiger partial charge in [-0.25, -0.2) is 0 Å². The van der Waals surface area contributed by atoms with E-state index >= 15 is 0 Å². The Morgan fingerprint density at radius 3 is 1.96 bits per heavy atom. The molecule has 1 aliphatic heterocycles. The standard InChI is InChI=1S/C63H38N2OS/c1-2-18-44-39(14-1)15-13-27-55(44)64(41-30-33-47-46-20-4-8-26-56(46)65(57(47)36-41)43-31-34-49-48-21-5-10-29-60(48)67-61(49)38-43)42-32-35-53-59(37-42)66-58-28-9-7-24-52(58)63(53)51-23-6-3-19-45(51)50-22-11-16-40-17-12-25-54(63)62(40)50/h1-38H. The number of anilines is 3. The highest BCUT2D eigenvalue weighted by molar-refractivity contribution is 7.25. The highest BCUT2D eigenvalue weighted by Gasteiger charge is 2.49. The maximum atomic E-state index is 7.17. The number of benzene rings is 11. The molecule has 11 aromatic carbocycles. The highest BCUT2D eigenvalue weighted by atomic mass is 32.1. The van der Waals surface area contributed by atoms with E-state index in [0.29, 0.717) is 0 Å². The minimum atomic E-state index is -0.618. The van der Waals surface area contributed by atoms with Crippen LogP contribution in [0.25, 0.3) is 80.3 Å². The second kappa shape index (κ2) is 13.8. The summed E-state index contributed by atoms with van der Waals surface area (Å²) in [5.74, 6) is 1.72. The van der Waals surface area contributed by atoms with E-state index in [1.165, 1.54) is 80.3 Å². The Labute approximate surface area is 390 Å². The van der Waals surface area contributed by atoms with E-state index in [4.69, 9.17) is 4.74 Å². The molecule has 0 N–H and O–H groups in total. The third kappa shape index (κ3) is 5.05. The fourth-order valence-corrected chi connectivity index (χ4v) is 13.0. The molecule has 0 bridgehead atoms. The number of ether oxygens (including phenoxy) is 1. The predicted octanol–water partition coefficient (Wildman–Crippen LogP) is 17.4. The molecule has 1 spiro atoms. The minimum absolute atomic E-state index is 0.618. The summed E-state index contributed by atoms with van der Waals surface area (Å²) in [6, 6.07) is 85.0. The van der Waals surface area contributed by atoms with Crippen LogP contribution in [0.3, 0.4) is 0 Å². The molecule has 13 aromatic rings. The summed E-state index contributed by atoms with van der Waals surface area (Å²) in [7, 11) is 0. The predicted molar refractivity (Wildman–Crippen MR) is 281 cm³/mol. The van der Waals surface area contributed by atoms with E-state index in [1.54, 1.807) is 0 Å². The van der Waals surface area contributed by atoms with E-state index < -0.39 is 5.41 Å². The minimum Gasteiger partial charge on any atom is -0.457 e. The van der Waals surface area contributed by atoms with Crippen LogP contribution in [0.5, 0.6) is 11.5 Å². The van der Waals surface area contributed by atoms with Crippen LogP contribution >= 0.6 is 11.3 Å². The van der Waals surface area contributed by atoms with Crippen molar-refractivity contribution in [1.29, 1.82) is 0 Å². The van der Waals surface area contributed by atoms with Gasteiger partial charge < -0.3 is 14.2 Å². The molecule has 0 saturated heterocycles. The molecule has 3 heterocycles. The van der Waals surface area contributed by atoms with Crippen LogP contribution < -0.4 is 9.64 Å². The topological polar surface area (TPSA) is 17.4 Å². The maximum Gasteiger partial charge on any atom is 0.134 e. The monoisotopic (exact) mass is 870 g/mol. The highest BCUT2D eigenvalue weighted by Crippen LogP contribution is 2.62. The Morgan fingerprint density at radius 1 is 0.388 bits per heavy atom. The lowest BCUT2D eigenvalue weighted by atomic mass is 9.58. The van der Waals surface area contributed by atoms with E-state index in [0.717, 1.165) is 50.9 Å². The number of nitrogens with zero attached hydrogens (tertiary/aromatic N) is 2. The van der Waals surface area contributed by atoms with Gasteiger partial charge in [0.2, 0.25) is 0 Å². The first-order chi connectivity index (χ1) is 33.2. The van der Waals surface area contributed by atoms with Crippen molar-refractivity contribution in [3.8, 4) is 28.3 Å². The van der Waals surface area contributed by atoms with Gasteiger partial charge in [-0.15, -0.1) is 11.3 Å². The van der Waals surface area contributed by atoms with Crippen LogP contribution in [0.2, 0.25) is 0 Å². The van der Waals surface area contributed by atoms with Crippen LogP contribution in [0.4, 0.5) is 17.1 Å². The molecule has 15 rings (SSSR count). The summed E-state index contributed by atoms with van der Waals surface area (Å²) >= 11 is 1.86. The van der Waals surface area contributed by atoms with E-state index in [2.05, 4.69) is 240 Å². The average molecular weight is 871 g/mol. The van der Waals surface area contributed by atoms with Crippen molar-refractivity contribution in [1.82, 2.24) is 4.57 Å². The van der Waals surface area contributed by atoms with E-state index in [-0.39, 0.29) is 0 Å². The molecule has 1 aliphatic carbocycles. The summed E-state index contributed by atoms with van der Waals surface area (Å²) in [6.07, 6.45) is 0. The number of thiophene rings is 1. The Morgan fingerprint density at radius 2 is 1.01 bits per heavy atom. The summed E-state index contributed by atoms with van der Waals surface area (Å²) in [6.45, 7) is 0. The third-order valence-electron chi connectivity index (χ3n) is 14.6. The summed E-state index contributed by atoms with van der Waals surface area (Å²) in [5, 5.41) is 9.94. The van der Waals surface area contributed by atoms with Crippen LogP contribution in [0.15, 0.2) is 231 Å². The lowest BCUT2D eigenvalue weighted by molar-refractivity contribution is 0.435. The Balaban J connectivity index is 0.990. The molecule has 1 atom stereocenters. The SMILES string of the molecule is c1ccc2c(c1)Oc1cc(N(c3ccc4c5ccccc5n(-c5ccc6c(c5)sc5ccccc56)c4c3)c3cccc4ccccc34)ccc1C21c2ccccc2-c2cccc3cccc1c23. The van der Waals surface area contributed by atoms with Crippen LogP contribution in [-0.4, -0.2) is 4.57 Å². The molecule has 4 heteroatoms. The zero-order chi connectivity index (χ0) is 43.8. The Bertz CT molecular complexity index is 4220. The molecule has 0 fully saturated rings. The van der Waals surface area contributed by atoms with Gasteiger partial charge in [0.1, 0.15) is 11.5 Å². The zero-order valence-electron chi connectivity index (χ0n) is 36.2. The molecule has 312 valence electrons. The van der Waals surface area contributed by atoms with Crippen molar-refractivity contribution in [2.24, 2.45) is 0 Å². The number of rotatable bonds is 4. The first-order valence-electron chi connectivity index (χ1n) is 23.0. The smallest absolute Gasteiger partial charge is 0.134 e. The van der Waals surface area contributed by atoms with Gasteiger partial charge in [-0.2, -0.15) is 0 Å². The van der Waals surface area contributed by atoms with Crippen molar-refractivity contribution in [3.63, 3.8) is 0 Å². The molecule has 2 aliphatic rings. The number of aromatic nitrogens is 1. The number of para-hydroxylation sites is 2. The first-order valence-corrected chi connectivity index (χ1v) is 23.8. The van der Waals surface area contributed by atoms with Crippen molar-refractivity contribution < 1.29 is 4.74 Å². The largest absolute Gasteiger partial charge is 0.457 e. The normalized spacial score (nSPS) is 14.7. The van der Waals surface area contributed by atoms with Crippen LogP contribution in [0, 0.1) is 0 Å². The van der Waals surface area contributed by atoms with Crippen LogP contribution in [-0.2, 0) is 5.41 Å². The zero-order valence-corrected chi connectivity index (χ0v) is 37.0. The van der Waals surface area contributed by atoms with Gasteiger partial charge in [-0.3, -0.25) is 0 Å². The van der Waals surface area contributed by atoms with Crippen LogP contribution in [0.1, 0.15) is 22.3 Å². The average Bonchev–Trinajstić information content (AvgIpc) is 3.93. The summed E-state index contributed by atoms with van der Waals surface area (Å²) < 4.78 is 12.2. The maximum absolute atomic E-state index is 7.17. The molecule has 3 nitrogen and oxygen atoms in total. The Hall–Kier alpha value is -8.44.